The van der Waals surface area contributed by atoms with E-state index in [0.29, 0.717) is 12.8 Å². The number of carbonyl (C=O) groups excluding carboxylic acids is 1. The molecular formula is C11H18F3NO2. The van der Waals surface area contributed by atoms with Gasteiger partial charge < -0.3 is 10.0 Å². The van der Waals surface area contributed by atoms with Gasteiger partial charge in [-0.2, -0.15) is 13.2 Å². The minimum absolute atomic E-state index is 0.0541. The van der Waals surface area contributed by atoms with Crippen LogP contribution in [0.15, 0.2) is 0 Å². The maximum absolute atomic E-state index is 12.6. The molecule has 0 aromatic heterocycles. The molecule has 0 aromatic rings. The monoisotopic (exact) mass is 253 g/mol. The number of nitrogens with zero attached hydrogens (tertiary/aromatic N) is 1. The summed E-state index contributed by atoms with van der Waals surface area (Å²) >= 11 is 0. The molecule has 1 saturated heterocycles. The molecule has 1 N–H and O–H groups in total. The van der Waals surface area contributed by atoms with Crippen molar-refractivity contribution in [2.24, 2.45) is 0 Å². The average molecular weight is 253 g/mol. The van der Waals surface area contributed by atoms with Crippen LogP contribution < -0.4 is 0 Å². The van der Waals surface area contributed by atoms with E-state index in [1.54, 1.807) is 0 Å². The van der Waals surface area contributed by atoms with Gasteiger partial charge in [-0.25, -0.2) is 0 Å². The quantitative estimate of drug-likeness (QED) is 0.818. The smallest absolute Gasteiger partial charge is 0.381 e. The molecule has 1 aliphatic heterocycles. The minimum Gasteiger partial charge on any atom is -0.381 e. The van der Waals surface area contributed by atoms with Crippen molar-refractivity contribution in [3.05, 3.63) is 0 Å². The topological polar surface area (TPSA) is 40.5 Å². The lowest BCUT2D eigenvalue weighted by Crippen LogP contribution is -2.49. The average Bonchev–Trinajstić information content (AvgIpc) is 2.43. The first kappa shape index (κ1) is 14.3. The highest BCUT2D eigenvalue weighted by atomic mass is 19.4. The van der Waals surface area contributed by atoms with Gasteiger partial charge in [-0.1, -0.05) is 0 Å². The number of halogens is 3. The van der Waals surface area contributed by atoms with E-state index in [1.165, 1.54) is 11.8 Å². The Balaban J connectivity index is 2.78. The van der Waals surface area contributed by atoms with E-state index < -0.39 is 24.2 Å². The van der Waals surface area contributed by atoms with Crippen molar-refractivity contribution in [3.8, 4) is 0 Å². The van der Waals surface area contributed by atoms with Crippen LogP contribution in [0.1, 0.15) is 40.0 Å². The third kappa shape index (κ3) is 2.91. The molecular weight excluding hydrogens is 235 g/mol. The van der Waals surface area contributed by atoms with E-state index in [1.807, 2.05) is 6.92 Å². The number of carbonyl (C=O) groups is 1. The Morgan fingerprint density at radius 2 is 1.94 bits per heavy atom. The van der Waals surface area contributed by atoms with Gasteiger partial charge in [-0.3, -0.25) is 4.79 Å². The highest BCUT2D eigenvalue weighted by Gasteiger charge is 2.52. The summed E-state index contributed by atoms with van der Waals surface area (Å²) in [5, 5.41) is 9.43. The Labute approximate surface area is 98.6 Å². The summed E-state index contributed by atoms with van der Waals surface area (Å²) in [5.41, 5.74) is -2.74. The number of amides is 1. The SMILES string of the molecule is CC(=O)N1C(C)CCC1CC(C)(O)C(F)(F)F. The van der Waals surface area contributed by atoms with Gasteiger partial charge in [0.2, 0.25) is 5.91 Å². The van der Waals surface area contributed by atoms with Gasteiger partial charge >= 0.3 is 6.18 Å². The summed E-state index contributed by atoms with van der Waals surface area (Å²) < 4.78 is 37.7. The molecule has 0 spiro atoms. The first-order valence-electron chi connectivity index (χ1n) is 5.64. The van der Waals surface area contributed by atoms with Crippen molar-refractivity contribution in [2.75, 3.05) is 0 Å². The lowest BCUT2D eigenvalue weighted by molar-refractivity contribution is -0.258. The second-order valence-corrected chi connectivity index (χ2v) is 4.98. The molecule has 3 atom stereocenters. The molecule has 1 aliphatic rings. The van der Waals surface area contributed by atoms with Gasteiger partial charge in [-0.05, 0) is 26.7 Å². The normalized spacial score (nSPS) is 29.2. The molecule has 0 aliphatic carbocycles. The molecule has 0 saturated carbocycles. The van der Waals surface area contributed by atoms with Crippen LogP contribution in [-0.2, 0) is 4.79 Å². The van der Waals surface area contributed by atoms with Crippen molar-refractivity contribution < 1.29 is 23.1 Å². The summed E-state index contributed by atoms with van der Waals surface area (Å²) in [5.74, 6) is -0.238. The van der Waals surface area contributed by atoms with Gasteiger partial charge in [0.1, 0.15) is 0 Å². The summed E-state index contributed by atoms with van der Waals surface area (Å²) in [6.45, 7) is 3.91. The van der Waals surface area contributed by atoms with Crippen molar-refractivity contribution >= 4 is 5.91 Å². The number of rotatable bonds is 2. The predicted octanol–water partition coefficient (Wildman–Crippen LogP) is 2.09. The molecule has 0 aromatic carbocycles. The van der Waals surface area contributed by atoms with E-state index in [-0.39, 0.29) is 11.9 Å². The summed E-state index contributed by atoms with van der Waals surface area (Å²) in [6.07, 6.45) is -3.94. The van der Waals surface area contributed by atoms with Crippen LogP contribution in [0.4, 0.5) is 13.2 Å². The Bertz CT molecular complexity index is 302. The first-order chi connectivity index (χ1) is 7.56. The van der Waals surface area contributed by atoms with Crippen LogP contribution in [0.3, 0.4) is 0 Å². The van der Waals surface area contributed by atoms with E-state index in [0.717, 1.165) is 6.92 Å². The Morgan fingerprint density at radius 3 is 2.35 bits per heavy atom. The standard InChI is InChI=1S/C11H18F3NO2/c1-7-4-5-9(15(7)8(2)16)6-10(3,17)11(12,13)14/h7,9,17H,4-6H2,1-3H3. The van der Waals surface area contributed by atoms with E-state index in [4.69, 9.17) is 0 Å². The van der Waals surface area contributed by atoms with E-state index in [9.17, 15) is 23.1 Å². The Kier molecular flexibility index (Phi) is 3.76. The second-order valence-electron chi connectivity index (χ2n) is 4.98. The second kappa shape index (κ2) is 4.48. The van der Waals surface area contributed by atoms with Crippen molar-refractivity contribution in [2.45, 2.75) is 63.9 Å². The Morgan fingerprint density at radius 1 is 1.41 bits per heavy atom. The number of aliphatic hydroxyl groups is 1. The van der Waals surface area contributed by atoms with Crippen molar-refractivity contribution in [1.82, 2.24) is 4.90 Å². The van der Waals surface area contributed by atoms with E-state index in [2.05, 4.69) is 0 Å². The van der Waals surface area contributed by atoms with Crippen LogP contribution in [-0.4, -0.2) is 39.8 Å². The van der Waals surface area contributed by atoms with Gasteiger partial charge in [0.25, 0.3) is 0 Å². The number of alkyl halides is 3. The molecule has 1 fully saturated rings. The predicted molar refractivity (Wildman–Crippen MR) is 56.3 cm³/mol. The zero-order chi connectivity index (χ0) is 13.4. The maximum atomic E-state index is 12.6. The number of hydrogen-bond donors (Lipinski definition) is 1. The number of likely N-dealkylation sites (tertiary alicyclic amines) is 1. The van der Waals surface area contributed by atoms with Gasteiger partial charge in [0.05, 0.1) is 0 Å². The molecule has 6 heteroatoms. The molecule has 1 heterocycles. The fourth-order valence-electron chi connectivity index (χ4n) is 2.41. The summed E-state index contributed by atoms with van der Waals surface area (Å²) in [6, 6.07) is -0.583. The van der Waals surface area contributed by atoms with Crippen molar-refractivity contribution in [1.29, 1.82) is 0 Å². The van der Waals surface area contributed by atoms with Crippen LogP contribution >= 0.6 is 0 Å². The highest BCUT2D eigenvalue weighted by molar-refractivity contribution is 5.74. The third-order valence-corrected chi connectivity index (χ3v) is 3.39. The first-order valence-corrected chi connectivity index (χ1v) is 5.64. The van der Waals surface area contributed by atoms with Crippen LogP contribution in [0.25, 0.3) is 0 Å². The maximum Gasteiger partial charge on any atom is 0.416 e. The fraction of sp³-hybridized carbons (Fsp3) is 0.909. The van der Waals surface area contributed by atoms with Gasteiger partial charge in [0, 0.05) is 25.4 Å². The van der Waals surface area contributed by atoms with Crippen LogP contribution in [0, 0.1) is 0 Å². The molecule has 3 nitrogen and oxygen atoms in total. The van der Waals surface area contributed by atoms with Crippen LogP contribution in [0.2, 0.25) is 0 Å². The molecule has 17 heavy (non-hydrogen) atoms. The van der Waals surface area contributed by atoms with Gasteiger partial charge in [-0.15, -0.1) is 0 Å². The Hall–Kier alpha value is -0.780. The minimum atomic E-state index is -4.67. The lowest BCUT2D eigenvalue weighted by atomic mass is 9.95. The van der Waals surface area contributed by atoms with Crippen molar-refractivity contribution in [3.63, 3.8) is 0 Å². The largest absolute Gasteiger partial charge is 0.416 e. The molecule has 1 rings (SSSR count). The molecule has 100 valence electrons. The molecule has 0 bridgehead atoms. The zero-order valence-corrected chi connectivity index (χ0v) is 10.2. The summed E-state index contributed by atoms with van der Waals surface area (Å²) in [4.78, 5) is 12.8. The molecule has 0 radical (unpaired) electrons. The summed E-state index contributed by atoms with van der Waals surface area (Å²) in [7, 11) is 0. The molecule has 1 amide bonds. The zero-order valence-electron chi connectivity index (χ0n) is 10.2. The van der Waals surface area contributed by atoms with E-state index >= 15 is 0 Å². The molecule has 3 unspecified atom stereocenters. The third-order valence-electron chi connectivity index (χ3n) is 3.39. The number of hydrogen-bond acceptors (Lipinski definition) is 2. The fourth-order valence-corrected chi connectivity index (χ4v) is 2.41. The highest BCUT2D eigenvalue weighted by Crippen LogP contribution is 2.38. The van der Waals surface area contributed by atoms with Crippen LogP contribution in [0.5, 0.6) is 0 Å². The lowest BCUT2D eigenvalue weighted by Gasteiger charge is -2.34. The van der Waals surface area contributed by atoms with Gasteiger partial charge in [0.15, 0.2) is 5.60 Å².